The summed E-state index contributed by atoms with van der Waals surface area (Å²) in [4.78, 5) is 12.3. The summed E-state index contributed by atoms with van der Waals surface area (Å²) in [5.74, 6) is -0.104. The molecule has 1 amide bonds. The maximum atomic E-state index is 12.3. The van der Waals surface area contributed by atoms with Gasteiger partial charge in [0.1, 0.15) is 0 Å². The van der Waals surface area contributed by atoms with Gasteiger partial charge in [0.15, 0.2) is 0 Å². The summed E-state index contributed by atoms with van der Waals surface area (Å²) in [6, 6.07) is 19.2. The second-order valence-corrected chi connectivity index (χ2v) is 4.96. The fourth-order valence-electron chi connectivity index (χ4n) is 2.15. The Kier molecular flexibility index (Phi) is 3.56. The topological polar surface area (TPSA) is 34.0 Å². The van der Waals surface area contributed by atoms with Crippen LogP contribution in [0.15, 0.2) is 73.1 Å². The van der Waals surface area contributed by atoms with Gasteiger partial charge in [-0.15, -0.1) is 0 Å². The molecule has 0 atom stereocenters. The van der Waals surface area contributed by atoms with Gasteiger partial charge in [-0.2, -0.15) is 0 Å². The first kappa shape index (κ1) is 13.2. The predicted molar refractivity (Wildman–Crippen MR) is 84.9 cm³/mol. The Balaban J connectivity index is 1.81. The normalized spacial score (nSPS) is 10.3. The highest BCUT2D eigenvalue weighted by Crippen LogP contribution is 2.14. The first-order valence-corrected chi connectivity index (χ1v) is 6.84. The van der Waals surface area contributed by atoms with Crippen LogP contribution in [0.25, 0.3) is 5.69 Å². The number of nitrogens with one attached hydrogen (secondary N) is 1. The van der Waals surface area contributed by atoms with Crippen molar-refractivity contribution in [3.63, 3.8) is 0 Å². The van der Waals surface area contributed by atoms with Crippen LogP contribution in [0.1, 0.15) is 15.9 Å². The number of aromatic nitrogens is 1. The number of hydrogen-bond acceptors (Lipinski definition) is 1. The molecule has 3 nitrogen and oxygen atoms in total. The first-order chi connectivity index (χ1) is 10.2. The Hall–Kier alpha value is -2.81. The quantitative estimate of drug-likeness (QED) is 0.769. The fourth-order valence-corrected chi connectivity index (χ4v) is 2.15. The van der Waals surface area contributed by atoms with E-state index in [0.29, 0.717) is 5.56 Å². The molecule has 1 heterocycles. The Bertz CT molecular complexity index is 743. The second kappa shape index (κ2) is 5.67. The minimum atomic E-state index is -0.104. The minimum Gasteiger partial charge on any atom is -0.324 e. The highest BCUT2D eigenvalue weighted by Gasteiger charge is 2.07. The van der Waals surface area contributed by atoms with Gasteiger partial charge in [0.05, 0.1) is 0 Å². The van der Waals surface area contributed by atoms with Gasteiger partial charge in [0.2, 0.25) is 0 Å². The number of aryl methyl sites for hydroxylation is 1. The number of benzene rings is 2. The molecular formula is C18H16N2O. The molecule has 104 valence electrons. The van der Waals surface area contributed by atoms with E-state index >= 15 is 0 Å². The third-order valence-electron chi connectivity index (χ3n) is 3.32. The Morgan fingerprint density at radius 1 is 0.952 bits per heavy atom. The Morgan fingerprint density at radius 2 is 1.67 bits per heavy atom. The SMILES string of the molecule is Cc1ccc(NC(=O)c2cccc(-n3cccc3)c2)cc1. The maximum Gasteiger partial charge on any atom is 0.255 e. The molecule has 0 saturated heterocycles. The standard InChI is InChI=1S/C18H16N2O/c1-14-7-9-16(10-8-14)19-18(21)15-5-4-6-17(13-15)20-11-2-3-12-20/h2-13H,1H3,(H,19,21). The smallest absolute Gasteiger partial charge is 0.255 e. The molecule has 0 fully saturated rings. The molecule has 0 spiro atoms. The van der Waals surface area contributed by atoms with E-state index in [0.717, 1.165) is 11.4 Å². The van der Waals surface area contributed by atoms with Crippen molar-refractivity contribution in [3.05, 3.63) is 84.2 Å². The van der Waals surface area contributed by atoms with E-state index in [1.807, 2.05) is 84.5 Å². The molecule has 0 aliphatic rings. The number of carbonyl (C=O) groups is 1. The van der Waals surface area contributed by atoms with Gasteiger partial charge in [-0.25, -0.2) is 0 Å². The molecule has 0 saturated carbocycles. The molecule has 21 heavy (non-hydrogen) atoms. The van der Waals surface area contributed by atoms with Crippen molar-refractivity contribution in [1.82, 2.24) is 4.57 Å². The number of nitrogens with zero attached hydrogens (tertiary/aromatic N) is 1. The highest BCUT2D eigenvalue weighted by molar-refractivity contribution is 6.04. The summed E-state index contributed by atoms with van der Waals surface area (Å²) in [5, 5.41) is 2.91. The highest BCUT2D eigenvalue weighted by atomic mass is 16.1. The summed E-state index contributed by atoms with van der Waals surface area (Å²) >= 11 is 0. The molecule has 0 bridgehead atoms. The number of amides is 1. The molecule has 3 aromatic rings. The van der Waals surface area contributed by atoms with E-state index < -0.39 is 0 Å². The van der Waals surface area contributed by atoms with Crippen LogP contribution in [0.3, 0.4) is 0 Å². The van der Waals surface area contributed by atoms with E-state index in [1.165, 1.54) is 5.56 Å². The molecule has 3 rings (SSSR count). The fraction of sp³-hybridized carbons (Fsp3) is 0.0556. The second-order valence-electron chi connectivity index (χ2n) is 4.96. The summed E-state index contributed by atoms with van der Waals surface area (Å²) in [6.45, 7) is 2.02. The molecule has 0 aliphatic heterocycles. The van der Waals surface area contributed by atoms with Gasteiger partial charge in [-0.3, -0.25) is 4.79 Å². The van der Waals surface area contributed by atoms with Crippen molar-refractivity contribution in [2.75, 3.05) is 5.32 Å². The molecule has 1 aromatic heterocycles. The first-order valence-electron chi connectivity index (χ1n) is 6.84. The zero-order chi connectivity index (χ0) is 14.7. The summed E-state index contributed by atoms with van der Waals surface area (Å²) in [5.41, 5.74) is 3.58. The van der Waals surface area contributed by atoms with Crippen LogP contribution in [-0.2, 0) is 0 Å². The lowest BCUT2D eigenvalue weighted by molar-refractivity contribution is 0.102. The lowest BCUT2D eigenvalue weighted by Crippen LogP contribution is -2.12. The van der Waals surface area contributed by atoms with Gasteiger partial charge in [-0.05, 0) is 49.4 Å². The molecule has 0 aliphatic carbocycles. The lowest BCUT2D eigenvalue weighted by atomic mass is 10.1. The van der Waals surface area contributed by atoms with Crippen LogP contribution >= 0.6 is 0 Å². The average Bonchev–Trinajstić information content (AvgIpc) is 3.04. The van der Waals surface area contributed by atoms with Crippen molar-refractivity contribution in [2.24, 2.45) is 0 Å². The van der Waals surface area contributed by atoms with Crippen LogP contribution in [0, 0.1) is 6.92 Å². The van der Waals surface area contributed by atoms with E-state index in [1.54, 1.807) is 0 Å². The van der Waals surface area contributed by atoms with Crippen molar-refractivity contribution in [3.8, 4) is 5.69 Å². The van der Waals surface area contributed by atoms with Crippen LogP contribution < -0.4 is 5.32 Å². The van der Waals surface area contributed by atoms with Crippen LogP contribution in [0.4, 0.5) is 5.69 Å². The number of anilines is 1. The zero-order valence-corrected chi connectivity index (χ0v) is 11.8. The van der Waals surface area contributed by atoms with E-state index in [2.05, 4.69) is 5.32 Å². The van der Waals surface area contributed by atoms with E-state index in [-0.39, 0.29) is 5.91 Å². The third-order valence-corrected chi connectivity index (χ3v) is 3.32. The van der Waals surface area contributed by atoms with Crippen molar-refractivity contribution in [2.45, 2.75) is 6.92 Å². The lowest BCUT2D eigenvalue weighted by Gasteiger charge is -2.08. The van der Waals surface area contributed by atoms with E-state index in [4.69, 9.17) is 0 Å². The van der Waals surface area contributed by atoms with Gasteiger partial charge < -0.3 is 9.88 Å². The van der Waals surface area contributed by atoms with Crippen molar-refractivity contribution in [1.29, 1.82) is 0 Å². The number of rotatable bonds is 3. The number of carbonyl (C=O) groups excluding carboxylic acids is 1. The molecule has 0 radical (unpaired) electrons. The monoisotopic (exact) mass is 276 g/mol. The summed E-state index contributed by atoms with van der Waals surface area (Å²) in [7, 11) is 0. The number of hydrogen-bond donors (Lipinski definition) is 1. The third kappa shape index (κ3) is 3.03. The molecule has 0 unspecified atom stereocenters. The summed E-state index contributed by atoms with van der Waals surface area (Å²) < 4.78 is 1.97. The molecule has 1 N–H and O–H groups in total. The zero-order valence-electron chi connectivity index (χ0n) is 11.8. The largest absolute Gasteiger partial charge is 0.324 e. The molecule has 2 aromatic carbocycles. The Labute approximate surface area is 123 Å². The molecular weight excluding hydrogens is 260 g/mol. The van der Waals surface area contributed by atoms with Gasteiger partial charge in [-0.1, -0.05) is 23.8 Å². The van der Waals surface area contributed by atoms with E-state index in [9.17, 15) is 4.79 Å². The summed E-state index contributed by atoms with van der Waals surface area (Å²) in [6.07, 6.45) is 3.91. The minimum absolute atomic E-state index is 0.104. The van der Waals surface area contributed by atoms with Gasteiger partial charge in [0, 0.05) is 29.3 Å². The van der Waals surface area contributed by atoms with Crippen molar-refractivity contribution < 1.29 is 4.79 Å². The Morgan fingerprint density at radius 3 is 2.38 bits per heavy atom. The van der Waals surface area contributed by atoms with Crippen molar-refractivity contribution >= 4 is 11.6 Å². The molecule has 3 heteroatoms. The van der Waals surface area contributed by atoms with Gasteiger partial charge in [0.25, 0.3) is 5.91 Å². The predicted octanol–water partition coefficient (Wildman–Crippen LogP) is 4.04. The van der Waals surface area contributed by atoms with Crippen LogP contribution in [0.5, 0.6) is 0 Å². The van der Waals surface area contributed by atoms with Crippen LogP contribution in [-0.4, -0.2) is 10.5 Å². The van der Waals surface area contributed by atoms with Gasteiger partial charge >= 0.3 is 0 Å². The maximum absolute atomic E-state index is 12.3. The van der Waals surface area contributed by atoms with Crippen LogP contribution in [0.2, 0.25) is 0 Å². The average molecular weight is 276 g/mol.